The van der Waals surface area contributed by atoms with E-state index in [2.05, 4.69) is 20.9 Å². The fraction of sp³-hybridized carbons (Fsp3) is 0.0909. The van der Waals surface area contributed by atoms with E-state index in [1.807, 2.05) is 0 Å². The minimum atomic E-state index is -0.533. The van der Waals surface area contributed by atoms with E-state index in [0.717, 1.165) is 0 Å². The predicted octanol–water partition coefficient (Wildman–Crippen LogP) is 3.32. The Kier molecular flexibility index (Phi) is 3.66. The molecule has 0 spiro atoms. The van der Waals surface area contributed by atoms with E-state index in [9.17, 15) is 9.90 Å². The third-order valence-corrected chi connectivity index (χ3v) is 3.94. The second-order valence-corrected chi connectivity index (χ2v) is 5.07. The van der Waals surface area contributed by atoms with E-state index < -0.39 is 5.56 Å². The number of rotatable bonds is 1. The number of aromatic nitrogens is 2. The largest absolute Gasteiger partial charge is 0.506 e. The van der Waals surface area contributed by atoms with Crippen LogP contribution in [0.3, 0.4) is 0 Å². The van der Waals surface area contributed by atoms with Crippen LogP contribution in [0, 0.1) is 6.92 Å². The van der Waals surface area contributed by atoms with E-state index in [-0.39, 0.29) is 10.8 Å². The topological polar surface area (TPSA) is 55.1 Å². The van der Waals surface area contributed by atoms with Crippen molar-refractivity contribution in [1.82, 2.24) is 9.55 Å². The van der Waals surface area contributed by atoms with Crippen molar-refractivity contribution >= 4 is 39.1 Å². The molecule has 0 amide bonds. The number of pyridine rings is 2. The number of halogens is 3. The van der Waals surface area contributed by atoms with Gasteiger partial charge in [-0.1, -0.05) is 23.2 Å². The van der Waals surface area contributed by atoms with Crippen LogP contribution in [0.2, 0.25) is 10.0 Å². The van der Waals surface area contributed by atoms with Crippen molar-refractivity contribution in [3.05, 3.63) is 49.0 Å². The third-order valence-electron chi connectivity index (χ3n) is 2.38. The van der Waals surface area contributed by atoms with Crippen molar-refractivity contribution in [2.75, 3.05) is 0 Å². The monoisotopic (exact) mass is 348 g/mol. The first-order valence-electron chi connectivity index (χ1n) is 4.85. The number of hydrogen-bond acceptors (Lipinski definition) is 3. The maximum atomic E-state index is 12.1. The van der Waals surface area contributed by atoms with Crippen LogP contribution in [0.4, 0.5) is 0 Å². The first-order valence-corrected chi connectivity index (χ1v) is 6.40. The average Bonchev–Trinajstić information content (AvgIpc) is 2.32. The fourth-order valence-electron chi connectivity index (χ4n) is 1.57. The molecule has 2 aromatic rings. The molecule has 0 bridgehead atoms. The molecule has 0 aliphatic heterocycles. The molecule has 0 atom stereocenters. The van der Waals surface area contributed by atoms with E-state index in [0.29, 0.717) is 21.0 Å². The second-order valence-electron chi connectivity index (χ2n) is 3.56. The summed E-state index contributed by atoms with van der Waals surface area (Å²) in [7, 11) is 0. The minimum absolute atomic E-state index is 0.246. The van der Waals surface area contributed by atoms with Gasteiger partial charge in [0.1, 0.15) is 15.4 Å². The summed E-state index contributed by atoms with van der Waals surface area (Å²) in [5.41, 5.74) is 0.430. The molecule has 0 saturated carbocycles. The van der Waals surface area contributed by atoms with Gasteiger partial charge < -0.3 is 5.11 Å². The normalized spacial score (nSPS) is 10.7. The summed E-state index contributed by atoms with van der Waals surface area (Å²) in [6.07, 6.45) is 1.51. The molecular weight excluding hydrogens is 343 g/mol. The number of aryl methyl sites for hydroxylation is 1. The molecule has 0 fully saturated rings. The van der Waals surface area contributed by atoms with Crippen LogP contribution >= 0.6 is 39.1 Å². The third kappa shape index (κ3) is 2.13. The first kappa shape index (κ1) is 13.4. The van der Waals surface area contributed by atoms with Gasteiger partial charge in [-0.25, -0.2) is 4.98 Å². The lowest BCUT2D eigenvalue weighted by Crippen LogP contribution is -2.21. The highest BCUT2D eigenvalue weighted by atomic mass is 79.9. The molecule has 0 aromatic carbocycles. The minimum Gasteiger partial charge on any atom is -0.506 e. The van der Waals surface area contributed by atoms with Crippen molar-refractivity contribution in [3.8, 4) is 11.4 Å². The zero-order chi connectivity index (χ0) is 13.4. The van der Waals surface area contributed by atoms with Gasteiger partial charge in [-0.05, 0) is 28.9 Å². The summed E-state index contributed by atoms with van der Waals surface area (Å²) < 4.78 is 1.74. The van der Waals surface area contributed by atoms with Gasteiger partial charge in [-0.3, -0.25) is 9.36 Å². The lowest BCUT2D eigenvalue weighted by atomic mass is 10.3. The molecule has 0 aliphatic rings. The predicted molar refractivity (Wildman–Crippen MR) is 74.0 cm³/mol. The van der Waals surface area contributed by atoms with Crippen molar-refractivity contribution in [1.29, 1.82) is 0 Å². The Morgan fingerprint density at radius 2 is 2.06 bits per heavy atom. The lowest BCUT2D eigenvalue weighted by Gasteiger charge is -2.13. The fourth-order valence-corrected chi connectivity index (χ4v) is 2.23. The van der Waals surface area contributed by atoms with Gasteiger partial charge in [-0.15, -0.1) is 0 Å². The Morgan fingerprint density at radius 3 is 2.72 bits per heavy atom. The van der Waals surface area contributed by atoms with Gasteiger partial charge in [0.25, 0.3) is 5.56 Å². The van der Waals surface area contributed by atoms with Crippen molar-refractivity contribution < 1.29 is 5.11 Å². The highest BCUT2D eigenvalue weighted by Gasteiger charge is 2.15. The number of hydrogen-bond donors (Lipinski definition) is 1. The maximum absolute atomic E-state index is 12.1. The van der Waals surface area contributed by atoms with E-state index in [1.54, 1.807) is 13.0 Å². The maximum Gasteiger partial charge on any atom is 0.277 e. The molecule has 2 rings (SSSR count). The van der Waals surface area contributed by atoms with Crippen LogP contribution in [-0.4, -0.2) is 14.7 Å². The smallest absolute Gasteiger partial charge is 0.277 e. The van der Waals surface area contributed by atoms with Crippen molar-refractivity contribution in [2.24, 2.45) is 0 Å². The molecule has 2 heterocycles. The standard InChI is InChI=1S/C11H7BrCl2N2O2/c1-5-4-7(17)9(14)11(18)16(5)6-2-3-15-10(12)8(6)13/h2-4,17H,1H3. The summed E-state index contributed by atoms with van der Waals surface area (Å²) in [6, 6.07) is 2.99. The Bertz CT molecular complexity index is 685. The van der Waals surface area contributed by atoms with Gasteiger partial charge in [0, 0.05) is 18.0 Å². The molecule has 0 saturated heterocycles. The number of nitrogens with zero attached hydrogens (tertiary/aromatic N) is 2. The molecule has 7 heteroatoms. The average molecular weight is 350 g/mol. The molecule has 1 N–H and O–H groups in total. The van der Waals surface area contributed by atoms with Crippen LogP contribution in [0.15, 0.2) is 27.7 Å². The van der Waals surface area contributed by atoms with Gasteiger partial charge in [0.05, 0.1) is 10.7 Å². The second kappa shape index (κ2) is 4.91. The first-order chi connectivity index (χ1) is 8.43. The zero-order valence-electron chi connectivity index (χ0n) is 9.12. The molecule has 0 aliphatic carbocycles. The van der Waals surface area contributed by atoms with Crippen molar-refractivity contribution in [3.63, 3.8) is 0 Å². The van der Waals surface area contributed by atoms with Gasteiger partial charge in [0.15, 0.2) is 0 Å². The van der Waals surface area contributed by atoms with E-state index in [4.69, 9.17) is 23.2 Å². The van der Waals surface area contributed by atoms with Crippen LogP contribution in [-0.2, 0) is 0 Å². The molecule has 18 heavy (non-hydrogen) atoms. The number of aromatic hydroxyl groups is 1. The molecule has 2 aromatic heterocycles. The summed E-state index contributed by atoms with van der Waals surface area (Å²) >= 11 is 15.0. The molecular formula is C11H7BrCl2N2O2. The molecule has 4 nitrogen and oxygen atoms in total. The molecule has 0 unspecified atom stereocenters. The highest BCUT2D eigenvalue weighted by molar-refractivity contribution is 9.10. The Balaban J connectivity index is 2.84. The Hall–Kier alpha value is -1.04. The Labute approximate surface area is 121 Å². The van der Waals surface area contributed by atoms with Crippen LogP contribution in [0.25, 0.3) is 5.69 Å². The van der Waals surface area contributed by atoms with E-state index >= 15 is 0 Å². The van der Waals surface area contributed by atoms with Gasteiger partial charge in [0.2, 0.25) is 0 Å². The SMILES string of the molecule is Cc1cc(O)c(Cl)c(=O)n1-c1ccnc(Br)c1Cl. The van der Waals surface area contributed by atoms with Crippen LogP contribution < -0.4 is 5.56 Å². The summed E-state index contributed by atoms with van der Waals surface area (Å²) in [5, 5.41) is 9.53. The Morgan fingerprint density at radius 1 is 1.39 bits per heavy atom. The van der Waals surface area contributed by atoms with Crippen LogP contribution in [0.1, 0.15) is 5.69 Å². The summed E-state index contributed by atoms with van der Waals surface area (Å²) in [4.78, 5) is 16.0. The lowest BCUT2D eigenvalue weighted by molar-refractivity contribution is 0.472. The van der Waals surface area contributed by atoms with Gasteiger partial charge >= 0.3 is 0 Å². The highest BCUT2D eigenvalue weighted by Crippen LogP contribution is 2.28. The molecule has 94 valence electrons. The van der Waals surface area contributed by atoms with Gasteiger partial charge in [-0.2, -0.15) is 0 Å². The quantitative estimate of drug-likeness (QED) is 0.803. The zero-order valence-corrected chi connectivity index (χ0v) is 12.2. The molecule has 0 radical (unpaired) electrons. The van der Waals surface area contributed by atoms with Crippen LogP contribution in [0.5, 0.6) is 5.75 Å². The summed E-state index contributed by atoms with van der Waals surface area (Å²) in [5.74, 6) is -0.250. The van der Waals surface area contributed by atoms with E-state index in [1.165, 1.54) is 16.8 Å². The van der Waals surface area contributed by atoms with Crippen molar-refractivity contribution in [2.45, 2.75) is 6.92 Å². The summed E-state index contributed by atoms with van der Waals surface area (Å²) in [6.45, 7) is 1.67.